The van der Waals surface area contributed by atoms with E-state index in [-0.39, 0.29) is 29.5 Å². The SMILES string of the molecule is CC(F)(F)C(=O)NC(=N)c1ccc2c(c1)C(=O)N([C@H]1CCCCC1NC(=O)[C@H]1CCCO1)C2. The van der Waals surface area contributed by atoms with Crippen LogP contribution in [0.25, 0.3) is 0 Å². The Hall–Kier alpha value is -2.88. The fourth-order valence-corrected chi connectivity index (χ4v) is 4.76. The number of amidine groups is 1. The van der Waals surface area contributed by atoms with Crippen molar-refractivity contribution in [3.63, 3.8) is 0 Å². The van der Waals surface area contributed by atoms with Crippen molar-refractivity contribution >= 4 is 23.6 Å². The van der Waals surface area contributed by atoms with Crippen molar-refractivity contribution in [2.45, 2.75) is 76.1 Å². The Bertz CT molecular complexity index is 972. The van der Waals surface area contributed by atoms with Crippen LogP contribution in [0.3, 0.4) is 0 Å². The molecule has 1 aromatic rings. The quantitative estimate of drug-likeness (QED) is 0.461. The average Bonchev–Trinajstić information content (AvgIpc) is 3.42. The third-order valence-electron chi connectivity index (χ3n) is 6.55. The van der Waals surface area contributed by atoms with Gasteiger partial charge in [-0.15, -0.1) is 0 Å². The fourth-order valence-electron chi connectivity index (χ4n) is 4.76. The molecule has 2 heterocycles. The topological polar surface area (TPSA) is 112 Å². The van der Waals surface area contributed by atoms with Gasteiger partial charge in [-0.1, -0.05) is 25.0 Å². The minimum Gasteiger partial charge on any atom is -0.368 e. The average molecular weight is 462 g/mol. The molecule has 4 rings (SSSR count). The number of rotatable bonds is 5. The van der Waals surface area contributed by atoms with Crippen molar-refractivity contribution in [3.8, 4) is 0 Å². The zero-order chi connectivity index (χ0) is 23.8. The molecule has 3 N–H and O–H groups in total. The number of carbonyl (C=O) groups excluding carboxylic acids is 3. The lowest BCUT2D eigenvalue weighted by atomic mass is 9.89. The van der Waals surface area contributed by atoms with E-state index in [0.717, 1.165) is 37.7 Å². The Morgan fingerprint density at radius 2 is 1.94 bits per heavy atom. The maximum atomic E-state index is 13.3. The predicted molar refractivity (Wildman–Crippen MR) is 115 cm³/mol. The van der Waals surface area contributed by atoms with Crippen LogP contribution in [-0.4, -0.2) is 59.2 Å². The van der Waals surface area contributed by atoms with Crippen molar-refractivity contribution in [1.29, 1.82) is 5.41 Å². The summed E-state index contributed by atoms with van der Waals surface area (Å²) < 4.78 is 31.8. The van der Waals surface area contributed by atoms with E-state index in [9.17, 15) is 23.2 Å². The molecule has 33 heavy (non-hydrogen) atoms. The molecule has 2 fully saturated rings. The Balaban J connectivity index is 1.47. The van der Waals surface area contributed by atoms with Crippen molar-refractivity contribution in [2.75, 3.05) is 6.61 Å². The van der Waals surface area contributed by atoms with Crippen molar-refractivity contribution < 1.29 is 27.9 Å². The highest BCUT2D eigenvalue weighted by Crippen LogP contribution is 2.32. The van der Waals surface area contributed by atoms with Gasteiger partial charge < -0.3 is 20.3 Å². The van der Waals surface area contributed by atoms with Crippen LogP contribution in [0, 0.1) is 5.41 Å². The van der Waals surface area contributed by atoms with E-state index in [1.807, 2.05) is 5.32 Å². The van der Waals surface area contributed by atoms with Crippen molar-refractivity contribution in [1.82, 2.24) is 15.5 Å². The number of nitrogens with one attached hydrogen (secondary N) is 3. The Morgan fingerprint density at radius 1 is 1.18 bits per heavy atom. The second-order valence-corrected chi connectivity index (χ2v) is 8.99. The number of hydrogen-bond donors (Lipinski definition) is 3. The lowest BCUT2D eigenvalue weighted by Crippen LogP contribution is -2.55. The summed E-state index contributed by atoms with van der Waals surface area (Å²) >= 11 is 0. The summed E-state index contributed by atoms with van der Waals surface area (Å²) in [6.45, 7) is 1.41. The Kier molecular flexibility index (Phi) is 6.47. The molecule has 3 atom stereocenters. The fraction of sp³-hybridized carbons (Fsp3) is 0.565. The standard InChI is InChI=1S/C23H28F2N4O4/c1-23(24,25)22(32)28-19(26)13-8-9-14-12-29(21(31)15(14)11-13)17-6-3-2-5-16(17)27-20(30)18-7-4-10-33-18/h8-9,11,16-18H,2-7,10,12H2,1H3,(H,27,30)(H2,26,28,32)/t16?,17-,18+/m0/s1. The summed E-state index contributed by atoms with van der Waals surface area (Å²) in [6.07, 6.45) is 4.58. The van der Waals surface area contributed by atoms with Gasteiger partial charge in [0.05, 0.1) is 6.04 Å². The monoisotopic (exact) mass is 462 g/mol. The normalized spacial score (nSPS) is 25.0. The van der Waals surface area contributed by atoms with Crippen molar-refractivity contribution in [2.24, 2.45) is 0 Å². The number of fused-ring (bicyclic) bond motifs is 1. The summed E-state index contributed by atoms with van der Waals surface area (Å²) in [6, 6.07) is 4.33. The third kappa shape index (κ3) is 4.90. The zero-order valence-corrected chi connectivity index (χ0v) is 18.5. The highest BCUT2D eigenvalue weighted by Gasteiger charge is 2.40. The smallest absolute Gasteiger partial charge is 0.322 e. The van der Waals surface area contributed by atoms with E-state index < -0.39 is 23.8 Å². The molecule has 178 valence electrons. The summed E-state index contributed by atoms with van der Waals surface area (Å²) in [5, 5.41) is 12.9. The van der Waals surface area contributed by atoms with Gasteiger partial charge in [0.25, 0.3) is 11.8 Å². The van der Waals surface area contributed by atoms with Gasteiger partial charge in [-0.25, -0.2) is 0 Å². The maximum Gasteiger partial charge on any atom is 0.322 e. The molecule has 10 heteroatoms. The lowest BCUT2D eigenvalue weighted by molar-refractivity contribution is -0.141. The number of alkyl halides is 2. The van der Waals surface area contributed by atoms with Gasteiger partial charge in [0, 0.05) is 37.2 Å². The van der Waals surface area contributed by atoms with E-state index in [0.29, 0.717) is 32.1 Å². The number of ether oxygens (including phenoxy) is 1. The highest BCUT2D eigenvalue weighted by atomic mass is 19.3. The molecule has 3 aliphatic rings. The van der Waals surface area contributed by atoms with Crippen LogP contribution in [-0.2, 0) is 20.9 Å². The second kappa shape index (κ2) is 9.17. The van der Waals surface area contributed by atoms with Gasteiger partial charge in [0.15, 0.2) is 0 Å². The molecule has 0 bridgehead atoms. The molecule has 0 radical (unpaired) electrons. The first-order chi connectivity index (χ1) is 15.6. The number of nitrogens with zero attached hydrogens (tertiary/aromatic N) is 1. The minimum absolute atomic E-state index is 0.132. The minimum atomic E-state index is -3.61. The van der Waals surface area contributed by atoms with Gasteiger partial charge in [-0.2, -0.15) is 8.78 Å². The van der Waals surface area contributed by atoms with Crippen LogP contribution < -0.4 is 10.6 Å². The number of halogens is 2. The van der Waals surface area contributed by atoms with E-state index in [4.69, 9.17) is 10.1 Å². The van der Waals surface area contributed by atoms with Crippen LogP contribution in [0.2, 0.25) is 0 Å². The van der Waals surface area contributed by atoms with Crippen LogP contribution in [0.15, 0.2) is 18.2 Å². The van der Waals surface area contributed by atoms with Gasteiger partial charge in [0.2, 0.25) is 5.91 Å². The highest BCUT2D eigenvalue weighted by molar-refractivity contribution is 6.09. The van der Waals surface area contributed by atoms with E-state index in [1.54, 1.807) is 11.0 Å². The first-order valence-corrected chi connectivity index (χ1v) is 11.3. The van der Waals surface area contributed by atoms with Gasteiger partial charge >= 0.3 is 5.92 Å². The molecule has 8 nitrogen and oxygen atoms in total. The van der Waals surface area contributed by atoms with Gasteiger partial charge in [-0.3, -0.25) is 19.8 Å². The molecule has 1 saturated heterocycles. The molecule has 1 aliphatic carbocycles. The number of amides is 3. The largest absolute Gasteiger partial charge is 0.368 e. The van der Waals surface area contributed by atoms with Crippen molar-refractivity contribution in [3.05, 3.63) is 34.9 Å². The maximum absolute atomic E-state index is 13.3. The molecule has 1 aromatic carbocycles. The van der Waals surface area contributed by atoms with Crippen LogP contribution in [0.5, 0.6) is 0 Å². The number of hydrogen-bond acceptors (Lipinski definition) is 5. The molecule has 1 unspecified atom stereocenters. The summed E-state index contributed by atoms with van der Waals surface area (Å²) in [4.78, 5) is 39.1. The van der Waals surface area contributed by atoms with Crippen LogP contribution >= 0.6 is 0 Å². The second-order valence-electron chi connectivity index (χ2n) is 8.99. The Labute approximate surface area is 190 Å². The van der Waals surface area contributed by atoms with Crippen LogP contribution in [0.4, 0.5) is 8.78 Å². The molecular weight excluding hydrogens is 434 g/mol. The molecule has 1 saturated carbocycles. The summed E-state index contributed by atoms with van der Waals surface area (Å²) in [5.41, 5.74) is 1.32. The van der Waals surface area contributed by atoms with Crippen LogP contribution in [0.1, 0.15) is 66.9 Å². The lowest BCUT2D eigenvalue weighted by Gasteiger charge is -2.38. The molecular formula is C23H28F2N4O4. The molecule has 3 amide bonds. The predicted octanol–water partition coefficient (Wildman–Crippen LogP) is 2.35. The zero-order valence-electron chi connectivity index (χ0n) is 18.5. The third-order valence-corrected chi connectivity index (χ3v) is 6.55. The molecule has 0 spiro atoms. The summed E-state index contributed by atoms with van der Waals surface area (Å²) in [7, 11) is 0. The van der Waals surface area contributed by atoms with Gasteiger partial charge in [0.1, 0.15) is 11.9 Å². The Morgan fingerprint density at radius 3 is 2.64 bits per heavy atom. The molecule has 2 aliphatic heterocycles. The molecule has 0 aromatic heterocycles. The first-order valence-electron chi connectivity index (χ1n) is 11.3. The van der Waals surface area contributed by atoms with E-state index >= 15 is 0 Å². The van der Waals surface area contributed by atoms with E-state index in [1.165, 1.54) is 12.1 Å². The number of benzene rings is 1. The first kappa shape index (κ1) is 23.3. The van der Waals surface area contributed by atoms with Gasteiger partial charge in [-0.05, 0) is 37.3 Å². The number of carbonyl (C=O) groups is 3. The summed E-state index contributed by atoms with van der Waals surface area (Å²) in [5.74, 6) is -6.04. The van der Waals surface area contributed by atoms with E-state index in [2.05, 4.69) is 5.32 Å².